The molecule has 0 aromatic heterocycles. The largest absolute Gasteiger partial charge is 0.371 e. The Morgan fingerprint density at radius 2 is 2.24 bits per heavy atom. The fourth-order valence-electron chi connectivity index (χ4n) is 2.63. The van der Waals surface area contributed by atoms with E-state index in [2.05, 4.69) is 10.2 Å². The second-order valence-corrected chi connectivity index (χ2v) is 5.00. The number of fused-ring (bicyclic) bond motifs is 3. The van der Waals surface area contributed by atoms with E-state index in [0.29, 0.717) is 11.6 Å². The lowest BCUT2D eigenvalue weighted by Gasteiger charge is -2.44. The van der Waals surface area contributed by atoms with Crippen molar-refractivity contribution in [2.24, 2.45) is 0 Å². The lowest BCUT2D eigenvalue weighted by atomic mass is 10.1. The molecular formula is C12H14ClN3O. The van der Waals surface area contributed by atoms with Crippen LogP contribution in [0.4, 0.5) is 11.4 Å². The van der Waals surface area contributed by atoms with E-state index in [1.54, 1.807) is 0 Å². The number of amides is 1. The Bertz CT molecular complexity index is 477. The van der Waals surface area contributed by atoms with Gasteiger partial charge in [-0.1, -0.05) is 11.6 Å². The fourth-order valence-corrected chi connectivity index (χ4v) is 2.80. The number of halogens is 1. The number of hydrogen-bond donors (Lipinski definition) is 1. The Morgan fingerprint density at radius 3 is 3.06 bits per heavy atom. The highest BCUT2D eigenvalue weighted by Crippen LogP contribution is 2.37. The molecular weight excluding hydrogens is 238 g/mol. The summed E-state index contributed by atoms with van der Waals surface area (Å²) >= 11 is 6.03. The van der Waals surface area contributed by atoms with Crippen molar-refractivity contribution in [2.75, 3.05) is 36.5 Å². The number of rotatable bonds is 0. The van der Waals surface area contributed by atoms with Gasteiger partial charge in [-0.2, -0.15) is 0 Å². The zero-order valence-electron chi connectivity index (χ0n) is 9.61. The Morgan fingerprint density at radius 1 is 1.41 bits per heavy atom. The zero-order valence-corrected chi connectivity index (χ0v) is 10.4. The highest BCUT2D eigenvalue weighted by atomic mass is 35.5. The molecule has 2 aliphatic rings. The SMILES string of the molecule is CN1CC2CNCC(=O)N2c2cc(Cl)ccc21. The molecule has 5 heteroatoms. The number of nitrogens with zero attached hydrogens (tertiary/aromatic N) is 2. The van der Waals surface area contributed by atoms with Crippen LogP contribution in [0.15, 0.2) is 18.2 Å². The second kappa shape index (κ2) is 3.89. The molecule has 0 spiro atoms. The molecule has 1 aromatic rings. The summed E-state index contributed by atoms with van der Waals surface area (Å²) in [6, 6.07) is 5.92. The third-order valence-corrected chi connectivity index (χ3v) is 3.62. The number of benzene rings is 1. The van der Waals surface area contributed by atoms with Crippen LogP contribution in [-0.2, 0) is 4.79 Å². The van der Waals surface area contributed by atoms with E-state index in [0.717, 1.165) is 24.5 Å². The van der Waals surface area contributed by atoms with Gasteiger partial charge in [0, 0.05) is 25.2 Å². The number of likely N-dealkylation sites (N-methyl/N-ethyl adjacent to an activating group) is 1. The highest BCUT2D eigenvalue weighted by molar-refractivity contribution is 6.31. The molecule has 0 radical (unpaired) electrons. The molecule has 2 aliphatic heterocycles. The molecule has 1 fully saturated rings. The van der Waals surface area contributed by atoms with Crippen LogP contribution in [0.2, 0.25) is 5.02 Å². The first kappa shape index (κ1) is 10.9. The quantitative estimate of drug-likeness (QED) is 0.750. The Balaban J connectivity index is 2.12. The van der Waals surface area contributed by atoms with E-state index in [9.17, 15) is 4.79 Å². The minimum atomic E-state index is 0.123. The molecule has 1 atom stereocenters. The molecule has 1 unspecified atom stereocenters. The molecule has 17 heavy (non-hydrogen) atoms. The molecule has 4 nitrogen and oxygen atoms in total. The Labute approximate surface area is 105 Å². The molecule has 1 N–H and O–H groups in total. The van der Waals surface area contributed by atoms with Crippen LogP contribution in [0.25, 0.3) is 0 Å². The van der Waals surface area contributed by atoms with Crippen molar-refractivity contribution in [3.05, 3.63) is 23.2 Å². The average Bonchev–Trinajstić information content (AvgIpc) is 2.28. The van der Waals surface area contributed by atoms with E-state index in [4.69, 9.17) is 11.6 Å². The molecule has 0 saturated carbocycles. The minimum Gasteiger partial charge on any atom is -0.371 e. The molecule has 1 aromatic carbocycles. The number of carbonyl (C=O) groups is 1. The van der Waals surface area contributed by atoms with Crippen molar-refractivity contribution >= 4 is 28.9 Å². The predicted octanol–water partition coefficient (Wildman–Crippen LogP) is 1.09. The summed E-state index contributed by atoms with van der Waals surface area (Å²) in [5.41, 5.74) is 2.00. The molecule has 1 saturated heterocycles. The molecule has 1 amide bonds. The topological polar surface area (TPSA) is 35.6 Å². The number of carbonyl (C=O) groups excluding carboxylic acids is 1. The summed E-state index contributed by atoms with van der Waals surface area (Å²) < 4.78 is 0. The third-order valence-electron chi connectivity index (χ3n) is 3.38. The van der Waals surface area contributed by atoms with Gasteiger partial charge in [0.05, 0.1) is 24.0 Å². The van der Waals surface area contributed by atoms with Crippen molar-refractivity contribution in [3.63, 3.8) is 0 Å². The van der Waals surface area contributed by atoms with E-state index in [1.807, 2.05) is 30.1 Å². The third kappa shape index (κ3) is 1.68. The smallest absolute Gasteiger partial charge is 0.241 e. The molecule has 90 valence electrons. The second-order valence-electron chi connectivity index (χ2n) is 4.56. The average molecular weight is 252 g/mol. The van der Waals surface area contributed by atoms with Crippen molar-refractivity contribution < 1.29 is 4.79 Å². The summed E-state index contributed by atoms with van der Waals surface area (Å²) in [6.45, 7) is 2.10. The van der Waals surface area contributed by atoms with Gasteiger partial charge in [-0.05, 0) is 18.2 Å². The van der Waals surface area contributed by atoms with Crippen LogP contribution in [0.1, 0.15) is 0 Å². The fraction of sp³-hybridized carbons (Fsp3) is 0.417. The lowest BCUT2D eigenvalue weighted by molar-refractivity contribution is -0.119. The van der Waals surface area contributed by atoms with Gasteiger partial charge >= 0.3 is 0 Å². The van der Waals surface area contributed by atoms with Crippen LogP contribution in [-0.4, -0.2) is 38.6 Å². The summed E-state index contributed by atoms with van der Waals surface area (Å²) in [7, 11) is 2.04. The van der Waals surface area contributed by atoms with Gasteiger partial charge in [0.2, 0.25) is 5.91 Å². The molecule has 2 heterocycles. The minimum absolute atomic E-state index is 0.123. The van der Waals surface area contributed by atoms with Crippen molar-refractivity contribution in [2.45, 2.75) is 6.04 Å². The maximum Gasteiger partial charge on any atom is 0.241 e. The highest BCUT2D eigenvalue weighted by Gasteiger charge is 2.35. The number of piperazine rings is 1. The summed E-state index contributed by atoms with van der Waals surface area (Å²) in [6.07, 6.45) is 0. The van der Waals surface area contributed by atoms with Crippen LogP contribution >= 0.6 is 11.6 Å². The van der Waals surface area contributed by atoms with Gasteiger partial charge in [-0.25, -0.2) is 0 Å². The van der Waals surface area contributed by atoms with Gasteiger partial charge in [0.25, 0.3) is 0 Å². The molecule has 0 bridgehead atoms. The lowest BCUT2D eigenvalue weighted by Crippen LogP contribution is -2.61. The number of nitrogens with one attached hydrogen (secondary N) is 1. The first-order valence-corrected chi connectivity index (χ1v) is 6.08. The Kier molecular flexibility index (Phi) is 2.49. The van der Waals surface area contributed by atoms with E-state index < -0.39 is 0 Å². The van der Waals surface area contributed by atoms with Gasteiger partial charge < -0.3 is 15.1 Å². The van der Waals surface area contributed by atoms with Crippen LogP contribution in [0.3, 0.4) is 0 Å². The maximum atomic E-state index is 12.0. The first-order valence-electron chi connectivity index (χ1n) is 5.70. The number of hydrogen-bond acceptors (Lipinski definition) is 3. The van der Waals surface area contributed by atoms with Gasteiger partial charge in [-0.15, -0.1) is 0 Å². The zero-order chi connectivity index (χ0) is 12.0. The van der Waals surface area contributed by atoms with Crippen molar-refractivity contribution in [3.8, 4) is 0 Å². The number of anilines is 2. The normalized spacial score (nSPS) is 23.4. The maximum absolute atomic E-state index is 12.0. The molecule has 3 rings (SSSR count). The van der Waals surface area contributed by atoms with E-state index in [-0.39, 0.29) is 11.9 Å². The monoisotopic (exact) mass is 251 g/mol. The summed E-state index contributed by atoms with van der Waals surface area (Å²) in [4.78, 5) is 16.1. The van der Waals surface area contributed by atoms with Gasteiger partial charge in [0.15, 0.2) is 0 Å². The molecule has 0 aliphatic carbocycles. The first-order chi connectivity index (χ1) is 8.16. The van der Waals surface area contributed by atoms with E-state index in [1.165, 1.54) is 0 Å². The van der Waals surface area contributed by atoms with Crippen LogP contribution in [0, 0.1) is 0 Å². The summed E-state index contributed by atoms with van der Waals surface area (Å²) in [5, 5.41) is 3.82. The standard InChI is InChI=1S/C12H14ClN3O/c1-15-7-9-5-14-6-12(17)16(9)11-4-8(13)2-3-10(11)15/h2-4,9,14H,5-7H2,1H3. The van der Waals surface area contributed by atoms with E-state index >= 15 is 0 Å². The summed E-state index contributed by atoms with van der Waals surface area (Å²) in [5.74, 6) is 0.123. The van der Waals surface area contributed by atoms with Crippen molar-refractivity contribution in [1.82, 2.24) is 5.32 Å². The van der Waals surface area contributed by atoms with Crippen LogP contribution in [0.5, 0.6) is 0 Å². The van der Waals surface area contributed by atoms with Gasteiger partial charge in [0.1, 0.15) is 0 Å². The Hall–Kier alpha value is -1.26. The predicted molar refractivity (Wildman–Crippen MR) is 68.9 cm³/mol. The van der Waals surface area contributed by atoms with Crippen LogP contribution < -0.4 is 15.1 Å². The van der Waals surface area contributed by atoms with Gasteiger partial charge in [-0.3, -0.25) is 4.79 Å². The van der Waals surface area contributed by atoms with Crippen molar-refractivity contribution in [1.29, 1.82) is 0 Å².